The summed E-state index contributed by atoms with van der Waals surface area (Å²) in [5, 5.41) is 2.94. The van der Waals surface area contributed by atoms with Crippen LogP contribution in [0.5, 0.6) is 5.75 Å². The minimum Gasteiger partial charge on any atom is -0.494 e. The van der Waals surface area contributed by atoms with Crippen LogP contribution < -0.4 is 10.1 Å². The number of hydrogen-bond acceptors (Lipinski definition) is 3. The molecule has 6 heteroatoms. The molecule has 0 spiro atoms. The highest BCUT2D eigenvalue weighted by Gasteiger charge is 2.26. The van der Waals surface area contributed by atoms with Crippen molar-refractivity contribution >= 4 is 11.8 Å². The molecule has 0 saturated carbocycles. The van der Waals surface area contributed by atoms with Gasteiger partial charge in [0.2, 0.25) is 11.8 Å². The fraction of sp³-hybridized carbons (Fsp3) is 0.440. The van der Waals surface area contributed by atoms with Crippen LogP contribution in [0.1, 0.15) is 51.2 Å². The second kappa shape index (κ2) is 12.1. The largest absolute Gasteiger partial charge is 0.494 e. The first-order valence-corrected chi connectivity index (χ1v) is 10.8. The summed E-state index contributed by atoms with van der Waals surface area (Å²) >= 11 is 0. The molecule has 0 radical (unpaired) electrons. The maximum Gasteiger partial charge on any atom is 0.242 e. The van der Waals surface area contributed by atoms with E-state index in [9.17, 15) is 14.0 Å². The number of benzene rings is 2. The Bertz CT molecular complexity index is 837. The van der Waals surface area contributed by atoms with E-state index in [1.54, 1.807) is 24.0 Å². The van der Waals surface area contributed by atoms with Crippen LogP contribution in [0.25, 0.3) is 0 Å². The number of nitrogens with one attached hydrogen (secondary N) is 1. The summed E-state index contributed by atoms with van der Waals surface area (Å²) in [6.45, 7) is 8.31. The third-order valence-corrected chi connectivity index (χ3v) is 5.26. The average molecular weight is 429 g/mol. The first-order valence-electron chi connectivity index (χ1n) is 10.8. The smallest absolute Gasteiger partial charge is 0.242 e. The van der Waals surface area contributed by atoms with Crippen molar-refractivity contribution in [2.75, 3.05) is 6.61 Å². The van der Waals surface area contributed by atoms with E-state index in [0.717, 1.165) is 23.3 Å². The highest BCUT2D eigenvalue weighted by molar-refractivity contribution is 5.87. The van der Waals surface area contributed by atoms with E-state index >= 15 is 0 Å². The van der Waals surface area contributed by atoms with Crippen LogP contribution in [-0.2, 0) is 16.1 Å². The number of hydrogen-bond donors (Lipinski definition) is 1. The van der Waals surface area contributed by atoms with Gasteiger partial charge < -0.3 is 15.0 Å². The van der Waals surface area contributed by atoms with Gasteiger partial charge >= 0.3 is 0 Å². The van der Waals surface area contributed by atoms with Gasteiger partial charge in [-0.05, 0) is 63.4 Å². The number of rotatable bonds is 11. The molecule has 2 rings (SSSR count). The Morgan fingerprint density at radius 3 is 2.32 bits per heavy atom. The summed E-state index contributed by atoms with van der Waals surface area (Å²) in [5.41, 5.74) is 1.93. The Morgan fingerprint density at radius 1 is 1.06 bits per heavy atom. The Hall–Kier alpha value is -2.89. The van der Waals surface area contributed by atoms with Crippen molar-refractivity contribution in [2.24, 2.45) is 0 Å². The minimum absolute atomic E-state index is 0.0284. The minimum atomic E-state index is -0.635. The Kier molecular flexibility index (Phi) is 9.50. The van der Waals surface area contributed by atoms with Gasteiger partial charge in [-0.2, -0.15) is 0 Å². The van der Waals surface area contributed by atoms with Crippen molar-refractivity contribution in [3.63, 3.8) is 0 Å². The molecule has 2 aromatic rings. The van der Waals surface area contributed by atoms with E-state index in [2.05, 4.69) is 5.32 Å². The summed E-state index contributed by atoms with van der Waals surface area (Å²) in [7, 11) is 0. The Labute approximate surface area is 184 Å². The maximum atomic E-state index is 13.3. The normalized spacial score (nSPS) is 12.7. The maximum absolute atomic E-state index is 13.3. The van der Waals surface area contributed by atoms with Gasteiger partial charge in [-0.3, -0.25) is 9.59 Å². The number of aryl methyl sites for hydroxylation is 1. The van der Waals surface area contributed by atoms with Crippen molar-refractivity contribution in [1.82, 2.24) is 10.2 Å². The lowest BCUT2D eigenvalue weighted by Crippen LogP contribution is -2.49. The zero-order chi connectivity index (χ0) is 22.8. The van der Waals surface area contributed by atoms with E-state index in [0.29, 0.717) is 13.0 Å². The van der Waals surface area contributed by atoms with E-state index in [1.165, 1.54) is 12.1 Å². The van der Waals surface area contributed by atoms with Crippen LogP contribution in [0.4, 0.5) is 4.39 Å². The van der Waals surface area contributed by atoms with Gasteiger partial charge in [0.05, 0.1) is 6.61 Å². The molecule has 0 aromatic heterocycles. The first-order chi connectivity index (χ1) is 14.8. The van der Waals surface area contributed by atoms with Crippen LogP contribution in [0.3, 0.4) is 0 Å². The topological polar surface area (TPSA) is 58.6 Å². The van der Waals surface area contributed by atoms with E-state index < -0.39 is 6.04 Å². The van der Waals surface area contributed by atoms with E-state index in [-0.39, 0.29) is 36.6 Å². The monoisotopic (exact) mass is 428 g/mol. The number of halogens is 1. The number of carbonyl (C=O) groups excluding carboxylic acids is 2. The first kappa shape index (κ1) is 24.4. The molecule has 0 aliphatic rings. The predicted octanol–water partition coefficient (Wildman–Crippen LogP) is 4.63. The van der Waals surface area contributed by atoms with Crippen molar-refractivity contribution in [2.45, 2.75) is 65.6 Å². The molecule has 168 valence electrons. The summed E-state index contributed by atoms with van der Waals surface area (Å²) in [4.78, 5) is 27.2. The Balaban J connectivity index is 1.99. The zero-order valence-electron chi connectivity index (χ0n) is 18.9. The molecule has 5 nitrogen and oxygen atoms in total. The fourth-order valence-corrected chi connectivity index (χ4v) is 3.03. The molecular weight excluding hydrogens is 395 g/mol. The third kappa shape index (κ3) is 8.04. The summed E-state index contributed by atoms with van der Waals surface area (Å²) < 4.78 is 19.0. The number of amides is 2. The molecule has 2 atom stereocenters. The highest BCUT2D eigenvalue weighted by atomic mass is 19.1. The highest BCUT2D eigenvalue weighted by Crippen LogP contribution is 2.15. The molecule has 0 heterocycles. The Morgan fingerprint density at radius 2 is 1.71 bits per heavy atom. The molecule has 0 aliphatic heterocycles. The van der Waals surface area contributed by atoms with Gasteiger partial charge in [-0.1, -0.05) is 36.8 Å². The second-order valence-electron chi connectivity index (χ2n) is 7.91. The average Bonchev–Trinajstić information content (AvgIpc) is 2.76. The summed E-state index contributed by atoms with van der Waals surface area (Å²) in [6.07, 6.45) is 1.60. The molecule has 2 amide bonds. The van der Waals surface area contributed by atoms with Gasteiger partial charge in [-0.25, -0.2) is 4.39 Å². The lowest BCUT2D eigenvalue weighted by Gasteiger charge is -2.29. The molecule has 0 aliphatic carbocycles. The molecule has 0 unspecified atom stereocenters. The van der Waals surface area contributed by atoms with Crippen molar-refractivity contribution < 1.29 is 18.7 Å². The number of ether oxygens (including phenoxy) is 1. The van der Waals surface area contributed by atoms with Crippen LogP contribution >= 0.6 is 0 Å². The zero-order valence-corrected chi connectivity index (χ0v) is 18.9. The SMILES string of the molecule is CC[C@@H](C)NC(=O)[C@@H](C)N(Cc1ccc(F)cc1)C(=O)CCCOc1ccc(C)cc1. The van der Waals surface area contributed by atoms with Crippen molar-refractivity contribution in [3.05, 3.63) is 65.5 Å². The lowest BCUT2D eigenvalue weighted by molar-refractivity contribution is -0.141. The molecule has 0 fully saturated rings. The van der Waals surface area contributed by atoms with Crippen molar-refractivity contribution in [3.8, 4) is 5.75 Å². The van der Waals surface area contributed by atoms with Crippen molar-refractivity contribution in [1.29, 1.82) is 0 Å². The fourth-order valence-electron chi connectivity index (χ4n) is 3.03. The molecule has 2 aromatic carbocycles. The second-order valence-corrected chi connectivity index (χ2v) is 7.91. The molecule has 0 saturated heterocycles. The standard InChI is InChI=1S/C25H33FN2O3/c1-5-19(3)27-25(30)20(4)28(17-21-10-12-22(26)13-11-21)24(29)7-6-16-31-23-14-8-18(2)9-15-23/h8-15,19-20H,5-7,16-17H2,1-4H3,(H,27,30)/t19-,20-/m1/s1. The molecule has 31 heavy (non-hydrogen) atoms. The van der Waals surface area contributed by atoms with Gasteiger partial charge in [0.25, 0.3) is 0 Å². The molecular formula is C25H33FN2O3. The van der Waals surface area contributed by atoms with Crippen LogP contribution in [0, 0.1) is 12.7 Å². The van der Waals surface area contributed by atoms with E-state index in [4.69, 9.17) is 4.74 Å². The lowest BCUT2D eigenvalue weighted by atomic mass is 10.1. The quantitative estimate of drug-likeness (QED) is 0.531. The number of carbonyl (C=O) groups is 2. The summed E-state index contributed by atoms with van der Waals surface area (Å²) in [5.74, 6) is 0.101. The van der Waals surface area contributed by atoms with Crippen LogP contribution in [0.2, 0.25) is 0 Å². The molecule has 0 bridgehead atoms. The van der Waals surface area contributed by atoms with Gasteiger partial charge in [0.1, 0.15) is 17.6 Å². The van der Waals surface area contributed by atoms with Gasteiger partial charge in [-0.15, -0.1) is 0 Å². The molecule has 1 N–H and O–H groups in total. The predicted molar refractivity (Wildman–Crippen MR) is 120 cm³/mol. The van der Waals surface area contributed by atoms with Crippen LogP contribution in [0.15, 0.2) is 48.5 Å². The van der Waals surface area contributed by atoms with Gasteiger partial charge in [0.15, 0.2) is 0 Å². The van der Waals surface area contributed by atoms with E-state index in [1.807, 2.05) is 45.0 Å². The van der Waals surface area contributed by atoms with Gasteiger partial charge in [0, 0.05) is 19.0 Å². The summed E-state index contributed by atoms with van der Waals surface area (Å²) in [6, 6.07) is 13.1. The number of nitrogens with zero attached hydrogens (tertiary/aromatic N) is 1. The third-order valence-electron chi connectivity index (χ3n) is 5.26. The van der Waals surface area contributed by atoms with Crippen LogP contribution in [-0.4, -0.2) is 35.4 Å².